The first kappa shape index (κ1) is 31.6. The average molecular weight is 609 g/mol. The highest BCUT2D eigenvalue weighted by atomic mass is 32.1. The molecule has 0 spiro atoms. The number of aryl methyl sites for hydroxylation is 1. The molecule has 228 valence electrons. The van der Waals surface area contributed by atoms with Crippen LogP contribution in [0.15, 0.2) is 48.0 Å². The summed E-state index contributed by atoms with van der Waals surface area (Å²) >= 11 is 0.933. The molecule has 4 rings (SSSR count). The maximum Gasteiger partial charge on any atom is 0.350 e. The van der Waals surface area contributed by atoms with Crippen LogP contribution in [0.5, 0.6) is 17.2 Å². The number of hydrogen-bond donors (Lipinski definition) is 1. The summed E-state index contributed by atoms with van der Waals surface area (Å²) in [5.74, 6) is -0.741. The number of rotatable bonds is 12. The number of anilines is 1. The fraction of sp³-hybridized carbons (Fsp3) is 0.375. The summed E-state index contributed by atoms with van der Waals surface area (Å²) in [4.78, 5) is 45.5. The first-order valence-corrected chi connectivity index (χ1v) is 14.9. The predicted octanol–water partition coefficient (Wildman–Crippen LogP) is 6.09. The second-order valence-electron chi connectivity index (χ2n) is 10.2. The molecule has 1 N–H and O–H groups in total. The number of thiazole rings is 1. The third-order valence-electron chi connectivity index (χ3n) is 6.78. The van der Waals surface area contributed by atoms with Crippen LogP contribution in [0, 0.1) is 12.8 Å². The number of methoxy groups -OCH3 is 1. The lowest BCUT2D eigenvalue weighted by molar-refractivity contribution is -0.132. The number of esters is 1. The number of Topliss-reactive ketones (excluding diaryl/α,β-unsaturated/α-hetero) is 1. The molecule has 2 heterocycles. The Hall–Kier alpha value is -4.38. The molecule has 0 radical (unpaired) electrons. The van der Waals surface area contributed by atoms with E-state index in [-0.39, 0.29) is 21.3 Å². The summed E-state index contributed by atoms with van der Waals surface area (Å²) in [5.41, 5.74) is 1.04. The highest BCUT2D eigenvalue weighted by molar-refractivity contribution is 7.17. The number of carbonyl (C=O) groups is 3. The number of nitrogens with zero attached hydrogens (tertiary/aromatic N) is 2. The number of benzene rings is 2. The summed E-state index contributed by atoms with van der Waals surface area (Å²) in [6.45, 7) is 10.8. The number of aliphatic hydroxyl groups is 1. The number of aromatic nitrogens is 1. The second kappa shape index (κ2) is 13.7. The van der Waals surface area contributed by atoms with Gasteiger partial charge in [-0.3, -0.25) is 14.5 Å². The van der Waals surface area contributed by atoms with Crippen LogP contribution < -0.4 is 19.1 Å². The van der Waals surface area contributed by atoms with Gasteiger partial charge in [0.1, 0.15) is 16.4 Å². The molecule has 1 aliphatic heterocycles. The molecule has 1 aliphatic rings. The van der Waals surface area contributed by atoms with Gasteiger partial charge >= 0.3 is 11.9 Å². The summed E-state index contributed by atoms with van der Waals surface area (Å²) in [6.07, 6.45) is 0.849. The zero-order chi connectivity index (χ0) is 31.3. The van der Waals surface area contributed by atoms with Gasteiger partial charge in [-0.25, -0.2) is 9.78 Å². The minimum atomic E-state index is -1.08. The molecule has 11 heteroatoms. The van der Waals surface area contributed by atoms with Crippen LogP contribution in [0.1, 0.15) is 66.7 Å². The van der Waals surface area contributed by atoms with Gasteiger partial charge in [-0.2, -0.15) is 0 Å². The van der Waals surface area contributed by atoms with Crippen molar-refractivity contribution in [2.45, 2.75) is 47.1 Å². The van der Waals surface area contributed by atoms with E-state index in [1.165, 1.54) is 12.0 Å². The standard InChI is InChI=1S/C32H36N2O8S/c1-7-40-22-12-9-20(10-13-22)27(35)25-26(21-11-14-23(24(17-21)41-8-2)42-16-15-18(3)4)34(30(37)28(25)36)32-33-19(5)29(43-32)31(38)39-6/h9-14,17-18,26,35H,7-8,15-16H2,1-6H3/b27-25+. The molecule has 43 heavy (non-hydrogen) atoms. The number of hydrogen-bond acceptors (Lipinski definition) is 10. The van der Waals surface area contributed by atoms with Crippen LogP contribution in [0.2, 0.25) is 0 Å². The van der Waals surface area contributed by atoms with Gasteiger partial charge in [-0.15, -0.1) is 0 Å². The fourth-order valence-electron chi connectivity index (χ4n) is 4.63. The zero-order valence-corrected chi connectivity index (χ0v) is 25.9. The van der Waals surface area contributed by atoms with Crippen LogP contribution in [-0.2, 0) is 14.3 Å². The van der Waals surface area contributed by atoms with Crippen LogP contribution in [0.25, 0.3) is 5.76 Å². The Morgan fingerprint density at radius 3 is 2.35 bits per heavy atom. The molecular formula is C32H36N2O8S. The van der Waals surface area contributed by atoms with E-state index in [1.54, 1.807) is 49.4 Å². The van der Waals surface area contributed by atoms with Gasteiger partial charge < -0.3 is 24.1 Å². The quantitative estimate of drug-likeness (QED) is 0.113. The molecule has 1 atom stereocenters. The van der Waals surface area contributed by atoms with Gasteiger partial charge in [0, 0.05) is 5.56 Å². The third-order valence-corrected chi connectivity index (χ3v) is 7.92. The summed E-state index contributed by atoms with van der Waals surface area (Å²) in [7, 11) is 1.25. The highest BCUT2D eigenvalue weighted by Crippen LogP contribution is 2.45. The topological polar surface area (TPSA) is 124 Å². The minimum Gasteiger partial charge on any atom is -0.507 e. The highest BCUT2D eigenvalue weighted by Gasteiger charge is 2.48. The fourth-order valence-corrected chi connectivity index (χ4v) is 5.64. The van der Waals surface area contributed by atoms with Gasteiger partial charge in [0.25, 0.3) is 5.78 Å². The third kappa shape index (κ3) is 6.67. The van der Waals surface area contributed by atoms with E-state index in [2.05, 4.69) is 18.8 Å². The van der Waals surface area contributed by atoms with Crippen molar-refractivity contribution in [2.24, 2.45) is 5.92 Å². The lowest BCUT2D eigenvalue weighted by atomic mass is 9.95. The SMILES string of the molecule is CCOc1ccc(/C(O)=C2\C(=O)C(=O)N(c3nc(C)c(C(=O)OC)s3)C2c2ccc(OCCC(C)C)c(OCC)c2)cc1. The van der Waals surface area contributed by atoms with Crippen molar-refractivity contribution in [2.75, 3.05) is 31.8 Å². The molecule has 0 saturated carbocycles. The van der Waals surface area contributed by atoms with Crippen molar-refractivity contribution in [3.63, 3.8) is 0 Å². The van der Waals surface area contributed by atoms with E-state index in [0.717, 1.165) is 17.8 Å². The van der Waals surface area contributed by atoms with E-state index in [9.17, 15) is 19.5 Å². The Morgan fingerprint density at radius 2 is 1.72 bits per heavy atom. The van der Waals surface area contributed by atoms with Gasteiger partial charge in [0.15, 0.2) is 16.6 Å². The van der Waals surface area contributed by atoms with Crippen LogP contribution in [0.3, 0.4) is 0 Å². The van der Waals surface area contributed by atoms with Crippen molar-refractivity contribution in [3.8, 4) is 17.2 Å². The van der Waals surface area contributed by atoms with E-state index < -0.39 is 23.7 Å². The number of aliphatic hydroxyl groups excluding tert-OH is 1. The van der Waals surface area contributed by atoms with Crippen molar-refractivity contribution in [3.05, 3.63) is 69.7 Å². The number of ether oxygens (including phenoxy) is 4. The Kier molecular flexibility index (Phi) is 10.1. The predicted molar refractivity (Wildman–Crippen MR) is 163 cm³/mol. The molecule has 1 aromatic heterocycles. The van der Waals surface area contributed by atoms with E-state index >= 15 is 0 Å². The van der Waals surface area contributed by atoms with Crippen molar-refractivity contribution < 1.29 is 38.4 Å². The molecule has 10 nitrogen and oxygen atoms in total. The molecule has 1 saturated heterocycles. The molecule has 1 amide bonds. The lowest BCUT2D eigenvalue weighted by Crippen LogP contribution is -2.29. The molecule has 2 aromatic carbocycles. The Labute approximate surface area is 254 Å². The van der Waals surface area contributed by atoms with Gasteiger partial charge in [0.05, 0.1) is 44.2 Å². The Bertz CT molecular complexity index is 1530. The maximum absolute atomic E-state index is 13.6. The zero-order valence-electron chi connectivity index (χ0n) is 25.1. The van der Waals surface area contributed by atoms with Crippen LogP contribution in [0.4, 0.5) is 5.13 Å². The maximum atomic E-state index is 13.6. The first-order chi connectivity index (χ1) is 20.6. The Balaban J connectivity index is 1.88. The number of carbonyl (C=O) groups excluding carboxylic acids is 3. The largest absolute Gasteiger partial charge is 0.507 e. The van der Waals surface area contributed by atoms with E-state index in [4.69, 9.17) is 18.9 Å². The van der Waals surface area contributed by atoms with Crippen LogP contribution in [-0.4, -0.2) is 54.7 Å². The monoisotopic (exact) mass is 608 g/mol. The summed E-state index contributed by atoms with van der Waals surface area (Å²) < 4.78 is 22.3. The van der Waals surface area contributed by atoms with Crippen molar-refractivity contribution in [1.29, 1.82) is 0 Å². The van der Waals surface area contributed by atoms with Gasteiger partial charge in [0.2, 0.25) is 0 Å². The molecule has 0 bridgehead atoms. The van der Waals surface area contributed by atoms with Crippen molar-refractivity contribution in [1.82, 2.24) is 4.98 Å². The first-order valence-electron chi connectivity index (χ1n) is 14.1. The lowest BCUT2D eigenvalue weighted by Gasteiger charge is -2.24. The second-order valence-corrected chi connectivity index (χ2v) is 11.2. The normalized spacial score (nSPS) is 16.1. The van der Waals surface area contributed by atoms with Gasteiger partial charge in [-0.1, -0.05) is 31.3 Å². The summed E-state index contributed by atoms with van der Waals surface area (Å²) in [6, 6.07) is 10.7. The molecule has 1 fully saturated rings. The number of ketones is 1. The molecule has 3 aromatic rings. The van der Waals surface area contributed by atoms with E-state index in [1.807, 2.05) is 13.8 Å². The average Bonchev–Trinajstić information content (AvgIpc) is 3.49. The molecule has 0 aliphatic carbocycles. The van der Waals surface area contributed by atoms with Crippen molar-refractivity contribution >= 4 is 39.9 Å². The molecule has 1 unspecified atom stereocenters. The summed E-state index contributed by atoms with van der Waals surface area (Å²) in [5, 5.41) is 11.6. The smallest absolute Gasteiger partial charge is 0.350 e. The molecular weight excluding hydrogens is 572 g/mol. The minimum absolute atomic E-state index is 0.117. The van der Waals surface area contributed by atoms with Gasteiger partial charge in [-0.05, 0) is 75.1 Å². The number of amides is 1. The Morgan fingerprint density at radius 1 is 1.02 bits per heavy atom. The van der Waals surface area contributed by atoms with E-state index in [0.29, 0.717) is 59.8 Å². The van der Waals surface area contributed by atoms with Crippen LogP contribution >= 0.6 is 11.3 Å².